The maximum absolute atomic E-state index is 13.0. The van der Waals surface area contributed by atoms with Crippen LogP contribution >= 0.6 is 0 Å². The molecule has 0 aliphatic carbocycles. The summed E-state index contributed by atoms with van der Waals surface area (Å²) in [5.41, 5.74) is 0.377. The van der Waals surface area contributed by atoms with Crippen LogP contribution < -0.4 is 10.2 Å². The number of benzene rings is 1. The molecule has 1 aromatic carbocycles. The predicted molar refractivity (Wildman–Crippen MR) is 100 cm³/mol. The number of carbonyl (C=O) groups excluding carboxylic acids is 1. The minimum atomic E-state index is -4.50. The molecule has 0 aliphatic rings. The number of hydrogen-bond donors (Lipinski definition) is 1. The van der Waals surface area contributed by atoms with Crippen LogP contribution in [-0.4, -0.2) is 35.1 Å². The highest BCUT2D eigenvalue weighted by Gasteiger charge is 2.31. The minimum absolute atomic E-state index is 0.0300. The van der Waals surface area contributed by atoms with Crippen molar-refractivity contribution in [3.63, 3.8) is 0 Å². The summed E-state index contributed by atoms with van der Waals surface area (Å²) in [4.78, 5) is 22.1. The van der Waals surface area contributed by atoms with Gasteiger partial charge in [-0.1, -0.05) is 5.16 Å². The van der Waals surface area contributed by atoms with Gasteiger partial charge in [0, 0.05) is 44.9 Å². The van der Waals surface area contributed by atoms with E-state index in [0.29, 0.717) is 17.1 Å². The Labute approximate surface area is 164 Å². The SMILES string of the molecule is CN(C)c1ccc(C(F)(F)F)cc1NC(=O)CCc1nc(-c2cccnc2)no1. The molecule has 10 heteroatoms. The molecule has 29 heavy (non-hydrogen) atoms. The summed E-state index contributed by atoms with van der Waals surface area (Å²) in [7, 11) is 3.35. The van der Waals surface area contributed by atoms with Gasteiger partial charge < -0.3 is 14.7 Å². The van der Waals surface area contributed by atoms with Gasteiger partial charge >= 0.3 is 6.18 Å². The molecule has 2 heterocycles. The lowest BCUT2D eigenvalue weighted by molar-refractivity contribution is -0.137. The maximum Gasteiger partial charge on any atom is 0.416 e. The minimum Gasteiger partial charge on any atom is -0.376 e. The molecule has 0 bridgehead atoms. The third-order valence-corrected chi connectivity index (χ3v) is 4.03. The zero-order valence-corrected chi connectivity index (χ0v) is 15.7. The Bertz CT molecular complexity index is 987. The largest absolute Gasteiger partial charge is 0.416 e. The van der Waals surface area contributed by atoms with Crippen molar-refractivity contribution in [1.29, 1.82) is 0 Å². The lowest BCUT2D eigenvalue weighted by Crippen LogP contribution is -2.18. The number of aryl methyl sites for hydroxylation is 1. The Kier molecular flexibility index (Phi) is 5.81. The quantitative estimate of drug-likeness (QED) is 0.672. The molecule has 152 valence electrons. The summed E-state index contributed by atoms with van der Waals surface area (Å²) in [6.45, 7) is 0. The third kappa shape index (κ3) is 5.09. The van der Waals surface area contributed by atoms with Crippen molar-refractivity contribution in [2.75, 3.05) is 24.3 Å². The highest BCUT2D eigenvalue weighted by Crippen LogP contribution is 2.35. The van der Waals surface area contributed by atoms with Crippen LogP contribution in [0, 0.1) is 0 Å². The number of nitrogens with zero attached hydrogens (tertiary/aromatic N) is 4. The molecular formula is C19H18F3N5O2. The van der Waals surface area contributed by atoms with E-state index in [0.717, 1.165) is 12.1 Å². The lowest BCUT2D eigenvalue weighted by Gasteiger charge is -2.19. The van der Waals surface area contributed by atoms with E-state index >= 15 is 0 Å². The van der Waals surface area contributed by atoms with Crippen LogP contribution in [0.25, 0.3) is 11.4 Å². The van der Waals surface area contributed by atoms with Crippen molar-refractivity contribution in [3.8, 4) is 11.4 Å². The highest BCUT2D eigenvalue weighted by molar-refractivity contribution is 5.94. The van der Waals surface area contributed by atoms with Crippen LogP contribution in [0.3, 0.4) is 0 Å². The molecule has 0 atom stereocenters. The van der Waals surface area contributed by atoms with E-state index in [1.54, 1.807) is 43.5 Å². The van der Waals surface area contributed by atoms with Gasteiger partial charge in [0.1, 0.15) is 0 Å². The number of amides is 1. The van der Waals surface area contributed by atoms with Gasteiger partial charge in [0.2, 0.25) is 17.6 Å². The zero-order chi connectivity index (χ0) is 21.0. The van der Waals surface area contributed by atoms with Gasteiger partial charge in [-0.05, 0) is 30.3 Å². The summed E-state index contributed by atoms with van der Waals surface area (Å²) >= 11 is 0. The Hall–Kier alpha value is -3.43. The number of rotatable bonds is 6. The molecule has 0 saturated heterocycles. The van der Waals surface area contributed by atoms with E-state index in [9.17, 15) is 18.0 Å². The molecule has 1 N–H and O–H groups in total. The molecule has 0 saturated carbocycles. The van der Waals surface area contributed by atoms with E-state index in [4.69, 9.17) is 4.52 Å². The normalized spacial score (nSPS) is 11.3. The first-order chi connectivity index (χ1) is 13.7. The van der Waals surface area contributed by atoms with Gasteiger partial charge in [0.25, 0.3) is 0 Å². The number of carbonyl (C=O) groups is 1. The molecule has 1 amide bonds. The molecule has 0 unspecified atom stereocenters. The monoisotopic (exact) mass is 405 g/mol. The fourth-order valence-electron chi connectivity index (χ4n) is 2.60. The lowest BCUT2D eigenvalue weighted by atomic mass is 10.1. The summed E-state index contributed by atoms with van der Waals surface area (Å²) in [5.74, 6) is 0.130. The second-order valence-electron chi connectivity index (χ2n) is 6.43. The summed E-state index contributed by atoms with van der Waals surface area (Å²) in [6.07, 6.45) is -1.19. The number of nitrogens with one attached hydrogen (secondary N) is 1. The average molecular weight is 405 g/mol. The van der Waals surface area contributed by atoms with Crippen LogP contribution in [0.4, 0.5) is 24.5 Å². The number of aromatic nitrogens is 3. The van der Waals surface area contributed by atoms with Crippen molar-refractivity contribution in [2.24, 2.45) is 0 Å². The first-order valence-corrected chi connectivity index (χ1v) is 8.65. The second kappa shape index (κ2) is 8.29. The van der Waals surface area contributed by atoms with E-state index in [-0.39, 0.29) is 24.4 Å². The van der Waals surface area contributed by atoms with Crippen molar-refractivity contribution in [1.82, 2.24) is 15.1 Å². The first kappa shape index (κ1) is 20.3. The molecule has 7 nitrogen and oxygen atoms in total. The van der Waals surface area contributed by atoms with E-state index in [2.05, 4.69) is 20.4 Å². The van der Waals surface area contributed by atoms with Crippen LogP contribution in [0.2, 0.25) is 0 Å². The third-order valence-electron chi connectivity index (χ3n) is 4.03. The molecule has 0 spiro atoms. The van der Waals surface area contributed by atoms with E-state index < -0.39 is 17.6 Å². The van der Waals surface area contributed by atoms with E-state index in [1.165, 1.54) is 6.07 Å². The number of hydrogen-bond acceptors (Lipinski definition) is 6. The number of halogens is 3. The van der Waals surface area contributed by atoms with E-state index in [1.807, 2.05) is 0 Å². The summed E-state index contributed by atoms with van der Waals surface area (Å²) in [6, 6.07) is 6.71. The molecule has 2 aromatic heterocycles. The molecule has 0 aliphatic heterocycles. The number of anilines is 2. The molecule has 0 radical (unpaired) electrons. The maximum atomic E-state index is 13.0. The van der Waals surface area contributed by atoms with Crippen molar-refractivity contribution >= 4 is 17.3 Å². The van der Waals surface area contributed by atoms with Gasteiger partial charge in [-0.15, -0.1) is 0 Å². The highest BCUT2D eigenvalue weighted by atomic mass is 19.4. The Morgan fingerprint density at radius 2 is 2.03 bits per heavy atom. The Morgan fingerprint density at radius 1 is 1.24 bits per heavy atom. The van der Waals surface area contributed by atoms with Crippen LogP contribution in [-0.2, 0) is 17.4 Å². The van der Waals surface area contributed by atoms with Crippen molar-refractivity contribution in [3.05, 3.63) is 54.2 Å². The summed E-state index contributed by atoms with van der Waals surface area (Å²) < 4.78 is 44.1. The standard InChI is InChI=1S/C19H18F3N5O2/c1-27(2)15-6-5-13(19(20,21)22)10-14(15)24-16(28)7-8-17-25-18(26-29-17)12-4-3-9-23-11-12/h3-6,9-11H,7-8H2,1-2H3,(H,24,28). The van der Waals surface area contributed by atoms with Gasteiger partial charge in [-0.3, -0.25) is 9.78 Å². The Morgan fingerprint density at radius 3 is 2.69 bits per heavy atom. The summed E-state index contributed by atoms with van der Waals surface area (Å²) in [5, 5.41) is 6.37. The average Bonchev–Trinajstić information content (AvgIpc) is 3.15. The molecule has 0 fully saturated rings. The topological polar surface area (TPSA) is 84.2 Å². The van der Waals surface area contributed by atoms with Crippen LogP contribution in [0.5, 0.6) is 0 Å². The smallest absolute Gasteiger partial charge is 0.376 e. The fraction of sp³-hybridized carbons (Fsp3) is 0.263. The van der Waals surface area contributed by atoms with Gasteiger partial charge in [-0.25, -0.2) is 0 Å². The predicted octanol–water partition coefficient (Wildman–Crippen LogP) is 3.79. The number of pyridine rings is 1. The van der Waals surface area contributed by atoms with Crippen molar-refractivity contribution in [2.45, 2.75) is 19.0 Å². The van der Waals surface area contributed by atoms with Crippen LogP contribution in [0.15, 0.2) is 47.2 Å². The van der Waals surface area contributed by atoms with Gasteiger partial charge in [0.15, 0.2) is 0 Å². The molecule has 3 rings (SSSR count). The van der Waals surface area contributed by atoms with Gasteiger partial charge in [0.05, 0.1) is 16.9 Å². The van der Waals surface area contributed by atoms with Crippen LogP contribution in [0.1, 0.15) is 17.9 Å². The fourth-order valence-corrected chi connectivity index (χ4v) is 2.60. The first-order valence-electron chi connectivity index (χ1n) is 8.65. The molecule has 3 aromatic rings. The zero-order valence-electron chi connectivity index (χ0n) is 15.7. The van der Waals surface area contributed by atoms with Crippen molar-refractivity contribution < 1.29 is 22.5 Å². The Balaban J connectivity index is 1.67. The second-order valence-corrected chi connectivity index (χ2v) is 6.43. The van der Waals surface area contributed by atoms with Gasteiger partial charge in [-0.2, -0.15) is 18.2 Å². The number of alkyl halides is 3. The molecular weight excluding hydrogens is 387 g/mol.